The topological polar surface area (TPSA) is 29.1 Å². The van der Waals surface area contributed by atoms with Gasteiger partial charge in [-0.25, -0.2) is 8.78 Å². The molecular formula is C13H13F2NO. The van der Waals surface area contributed by atoms with Crippen molar-refractivity contribution < 1.29 is 13.6 Å². The number of carbonyl (C=O) groups excluding carboxylic acids is 1. The first kappa shape index (κ1) is 11.9. The Bertz CT molecular complexity index is 496. The van der Waals surface area contributed by atoms with Crippen LogP contribution in [-0.4, -0.2) is 17.9 Å². The molecule has 1 aromatic rings. The van der Waals surface area contributed by atoms with Crippen LogP contribution in [0.1, 0.15) is 19.4 Å². The molecule has 0 radical (unpaired) electrons. The lowest BCUT2D eigenvalue weighted by Crippen LogP contribution is -2.34. The third-order valence-electron chi connectivity index (χ3n) is 2.92. The van der Waals surface area contributed by atoms with Crippen molar-refractivity contribution in [2.45, 2.75) is 25.9 Å². The van der Waals surface area contributed by atoms with E-state index in [0.29, 0.717) is 11.1 Å². The monoisotopic (exact) mass is 237 g/mol. The molecule has 0 spiro atoms. The van der Waals surface area contributed by atoms with Gasteiger partial charge >= 0.3 is 0 Å². The number of benzene rings is 1. The Hall–Kier alpha value is -1.55. The van der Waals surface area contributed by atoms with Crippen molar-refractivity contribution in [3.05, 3.63) is 41.5 Å². The number of ketones is 1. The van der Waals surface area contributed by atoms with Crippen molar-refractivity contribution in [3.63, 3.8) is 0 Å². The molecule has 90 valence electrons. The summed E-state index contributed by atoms with van der Waals surface area (Å²) in [5.74, 6) is -1.22. The molecule has 1 N–H and O–H groups in total. The van der Waals surface area contributed by atoms with Gasteiger partial charge < -0.3 is 0 Å². The first-order valence-electron chi connectivity index (χ1n) is 5.42. The van der Waals surface area contributed by atoms with Crippen LogP contribution in [0.25, 0.3) is 5.57 Å². The molecule has 1 heterocycles. The lowest BCUT2D eigenvalue weighted by molar-refractivity contribution is -0.117. The summed E-state index contributed by atoms with van der Waals surface area (Å²) in [7, 11) is 0. The number of Topliss-reactive ketones (excluding diaryl/α,β-unsaturated/α-hetero) is 1. The fourth-order valence-corrected chi connectivity index (χ4v) is 2.01. The third kappa shape index (κ3) is 2.26. The van der Waals surface area contributed by atoms with E-state index in [4.69, 9.17) is 0 Å². The molecule has 0 aliphatic carbocycles. The maximum Gasteiger partial charge on any atom is 0.150 e. The van der Waals surface area contributed by atoms with Crippen LogP contribution in [0.4, 0.5) is 8.78 Å². The van der Waals surface area contributed by atoms with Crippen LogP contribution in [-0.2, 0) is 4.79 Å². The Morgan fingerprint density at radius 2 is 2.06 bits per heavy atom. The van der Waals surface area contributed by atoms with Gasteiger partial charge in [0.15, 0.2) is 5.78 Å². The van der Waals surface area contributed by atoms with Gasteiger partial charge in [0.2, 0.25) is 0 Å². The van der Waals surface area contributed by atoms with Gasteiger partial charge in [-0.2, -0.15) is 0 Å². The van der Waals surface area contributed by atoms with Crippen molar-refractivity contribution in [1.82, 2.24) is 5.32 Å². The minimum atomic E-state index is -0.603. The third-order valence-corrected chi connectivity index (χ3v) is 2.92. The summed E-state index contributed by atoms with van der Waals surface area (Å²) in [4.78, 5) is 11.2. The lowest BCUT2D eigenvalue weighted by atomic mass is 10.0. The van der Waals surface area contributed by atoms with Crippen LogP contribution >= 0.6 is 0 Å². The normalized spacial score (nSPS) is 23.6. The molecular weight excluding hydrogens is 224 g/mol. The number of hydrogen-bond donors (Lipinski definition) is 1. The molecule has 0 bridgehead atoms. The van der Waals surface area contributed by atoms with Gasteiger partial charge in [0.25, 0.3) is 0 Å². The van der Waals surface area contributed by atoms with Crippen LogP contribution in [0.5, 0.6) is 0 Å². The van der Waals surface area contributed by atoms with Crippen molar-refractivity contribution in [1.29, 1.82) is 0 Å². The molecule has 2 nitrogen and oxygen atoms in total. The minimum absolute atomic E-state index is 0.0191. The SMILES string of the molecule is CC(=O)C1C=C(c2ccc(F)cc2F)C(C)N1. The number of nitrogens with one attached hydrogen (secondary N) is 1. The first-order chi connectivity index (χ1) is 7.99. The van der Waals surface area contributed by atoms with E-state index < -0.39 is 11.6 Å². The van der Waals surface area contributed by atoms with Crippen molar-refractivity contribution in [3.8, 4) is 0 Å². The molecule has 0 amide bonds. The summed E-state index contributed by atoms with van der Waals surface area (Å²) < 4.78 is 26.4. The van der Waals surface area contributed by atoms with E-state index in [1.54, 1.807) is 6.08 Å². The molecule has 2 rings (SSSR count). The van der Waals surface area contributed by atoms with Gasteiger partial charge in [-0.15, -0.1) is 0 Å². The second-order valence-electron chi connectivity index (χ2n) is 4.22. The zero-order valence-corrected chi connectivity index (χ0v) is 9.63. The van der Waals surface area contributed by atoms with Gasteiger partial charge in [0, 0.05) is 17.7 Å². The molecule has 1 aliphatic rings. The quantitative estimate of drug-likeness (QED) is 0.855. The van der Waals surface area contributed by atoms with Gasteiger partial charge in [0.05, 0.1) is 6.04 Å². The molecule has 0 aromatic heterocycles. The maximum atomic E-state index is 13.6. The zero-order valence-electron chi connectivity index (χ0n) is 9.63. The molecule has 2 unspecified atom stereocenters. The fourth-order valence-electron chi connectivity index (χ4n) is 2.01. The summed E-state index contributed by atoms with van der Waals surface area (Å²) >= 11 is 0. The summed E-state index contributed by atoms with van der Waals surface area (Å²) in [6.45, 7) is 3.32. The molecule has 4 heteroatoms. The maximum absolute atomic E-state index is 13.6. The zero-order chi connectivity index (χ0) is 12.6. The molecule has 1 aromatic carbocycles. The van der Waals surface area contributed by atoms with E-state index in [-0.39, 0.29) is 17.9 Å². The smallest absolute Gasteiger partial charge is 0.150 e. The number of rotatable bonds is 2. The highest BCUT2D eigenvalue weighted by Gasteiger charge is 2.27. The van der Waals surface area contributed by atoms with E-state index in [2.05, 4.69) is 5.32 Å². The lowest BCUT2D eigenvalue weighted by Gasteiger charge is -2.12. The van der Waals surface area contributed by atoms with Crippen LogP contribution in [0.3, 0.4) is 0 Å². The summed E-state index contributed by atoms with van der Waals surface area (Å²) in [6, 6.07) is 2.96. The van der Waals surface area contributed by atoms with Crippen LogP contribution < -0.4 is 5.32 Å². The van der Waals surface area contributed by atoms with E-state index >= 15 is 0 Å². The predicted octanol–water partition coefficient (Wildman–Crippen LogP) is 2.30. The molecule has 0 saturated carbocycles. The summed E-state index contributed by atoms with van der Waals surface area (Å²) in [5, 5.41) is 3.04. The highest BCUT2D eigenvalue weighted by molar-refractivity contribution is 5.89. The van der Waals surface area contributed by atoms with Crippen LogP contribution in [0.2, 0.25) is 0 Å². The van der Waals surface area contributed by atoms with E-state index in [9.17, 15) is 13.6 Å². The highest BCUT2D eigenvalue weighted by atomic mass is 19.1. The summed E-state index contributed by atoms with van der Waals surface area (Å²) in [5.41, 5.74) is 1.04. The highest BCUT2D eigenvalue weighted by Crippen LogP contribution is 2.27. The van der Waals surface area contributed by atoms with Crippen molar-refractivity contribution in [2.75, 3.05) is 0 Å². The average molecular weight is 237 g/mol. The van der Waals surface area contributed by atoms with E-state index in [1.165, 1.54) is 19.1 Å². The molecule has 17 heavy (non-hydrogen) atoms. The summed E-state index contributed by atoms with van der Waals surface area (Å²) in [6.07, 6.45) is 1.70. The minimum Gasteiger partial charge on any atom is -0.298 e. The van der Waals surface area contributed by atoms with Crippen molar-refractivity contribution in [2.24, 2.45) is 0 Å². The van der Waals surface area contributed by atoms with Crippen LogP contribution in [0, 0.1) is 11.6 Å². The standard InChI is InChI=1S/C13H13F2NO/c1-7-11(6-13(16-7)8(2)17)10-4-3-9(14)5-12(10)15/h3-7,13,16H,1-2H3. The molecule has 0 saturated heterocycles. The van der Waals surface area contributed by atoms with Crippen molar-refractivity contribution >= 4 is 11.4 Å². The van der Waals surface area contributed by atoms with Gasteiger partial charge in [-0.3, -0.25) is 10.1 Å². The largest absolute Gasteiger partial charge is 0.298 e. The average Bonchev–Trinajstić information content (AvgIpc) is 2.61. The Balaban J connectivity index is 2.39. The second-order valence-corrected chi connectivity index (χ2v) is 4.22. The molecule has 1 aliphatic heterocycles. The van der Waals surface area contributed by atoms with E-state index in [1.807, 2.05) is 6.92 Å². The molecule has 2 atom stereocenters. The first-order valence-corrected chi connectivity index (χ1v) is 5.42. The Morgan fingerprint density at radius 3 is 2.59 bits per heavy atom. The Labute approximate surface area is 98.3 Å². The van der Waals surface area contributed by atoms with Gasteiger partial charge in [-0.05, 0) is 31.6 Å². The van der Waals surface area contributed by atoms with Gasteiger partial charge in [0.1, 0.15) is 11.6 Å². The number of hydrogen-bond acceptors (Lipinski definition) is 2. The predicted molar refractivity (Wildman–Crippen MR) is 61.4 cm³/mol. The fraction of sp³-hybridized carbons (Fsp3) is 0.308. The Kier molecular flexibility index (Phi) is 3.07. The second kappa shape index (κ2) is 4.37. The Morgan fingerprint density at radius 1 is 1.35 bits per heavy atom. The van der Waals surface area contributed by atoms with E-state index in [0.717, 1.165) is 6.07 Å². The van der Waals surface area contributed by atoms with Gasteiger partial charge in [-0.1, -0.05) is 6.08 Å². The number of halogens is 2. The molecule has 0 fully saturated rings. The number of carbonyl (C=O) groups is 1. The van der Waals surface area contributed by atoms with Crippen LogP contribution in [0.15, 0.2) is 24.3 Å².